The van der Waals surface area contributed by atoms with Crippen LogP contribution in [0, 0.1) is 12.8 Å². The fourth-order valence-corrected chi connectivity index (χ4v) is 4.83. The Hall–Kier alpha value is -1.96. The summed E-state index contributed by atoms with van der Waals surface area (Å²) < 4.78 is 39.8. The molecule has 0 amide bonds. The Bertz CT molecular complexity index is 834. The third kappa shape index (κ3) is 4.23. The number of ether oxygens (including phenoxy) is 2. The molecule has 0 bridgehead atoms. The third-order valence-corrected chi connectivity index (χ3v) is 6.33. The van der Waals surface area contributed by atoms with E-state index in [2.05, 4.69) is 9.71 Å². The van der Waals surface area contributed by atoms with Crippen LogP contribution < -0.4 is 9.46 Å². The second-order valence-electron chi connectivity index (χ2n) is 6.47. The molecule has 1 aromatic carbocycles. The smallest absolute Gasteiger partial charge is 0.241 e. The van der Waals surface area contributed by atoms with Crippen molar-refractivity contribution >= 4 is 10.0 Å². The zero-order chi connectivity index (χ0) is 18.6. The number of sulfonamides is 1. The maximum absolute atomic E-state index is 13.1. The summed E-state index contributed by atoms with van der Waals surface area (Å²) in [7, 11) is -2.20. The van der Waals surface area contributed by atoms with Crippen LogP contribution in [-0.4, -0.2) is 33.7 Å². The lowest BCUT2D eigenvalue weighted by molar-refractivity contribution is 0.0564. The number of methoxy groups -OCH3 is 1. The van der Waals surface area contributed by atoms with Gasteiger partial charge in [0.25, 0.3) is 0 Å². The molecule has 0 radical (unpaired) electrons. The van der Waals surface area contributed by atoms with Gasteiger partial charge < -0.3 is 9.47 Å². The summed E-state index contributed by atoms with van der Waals surface area (Å²) in [6.07, 6.45) is 5.02. The molecule has 0 spiro atoms. The fraction of sp³-hybridized carbons (Fsp3) is 0.421. The van der Waals surface area contributed by atoms with Crippen molar-refractivity contribution in [2.24, 2.45) is 5.92 Å². The van der Waals surface area contributed by atoms with Crippen molar-refractivity contribution in [2.45, 2.75) is 30.7 Å². The number of hydrogen-bond donors (Lipinski definition) is 1. The Morgan fingerprint density at radius 3 is 2.69 bits per heavy atom. The van der Waals surface area contributed by atoms with E-state index in [1.165, 1.54) is 7.11 Å². The van der Waals surface area contributed by atoms with Gasteiger partial charge in [0, 0.05) is 31.7 Å². The van der Waals surface area contributed by atoms with Gasteiger partial charge in [-0.15, -0.1) is 0 Å². The van der Waals surface area contributed by atoms with E-state index in [0.717, 1.165) is 18.4 Å². The summed E-state index contributed by atoms with van der Waals surface area (Å²) in [5.41, 5.74) is 1.54. The molecule has 1 fully saturated rings. The molecule has 1 aliphatic heterocycles. The zero-order valence-corrected chi connectivity index (χ0v) is 15.8. The molecular formula is C19H24N2O4S. The Balaban J connectivity index is 1.95. The highest BCUT2D eigenvalue weighted by molar-refractivity contribution is 7.89. The predicted octanol–water partition coefficient (Wildman–Crippen LogP) is 2.84. The van der Waals surface area contributed by atoms with Gasteiger partial charge in [-0.2, -0.15) is 0 Å². The maximum Gasteiger partial charge on any atom is 0.241 e. The molecule has 140 valence electrons. The van der Waals surface area contributed by atoms with E-state index in [0.29, 0.717) is 24.5 Å². The first-order valence-corrected chi connectivity index (χ1v) is 10.1. The Kier molecular flexibility index (Phi) is 5.90. The molecule has 1 N–H and O–H groups in total. The van der Waals surface area contributed by atoms with E-state index < -0.39 is 10.0 Å². The molecule has 0 aliphatic carbocycles. The normalized spacial score (nSPS) is 17.0. The Morgan fingerprint density at radius 2 is 2.04 bits per heavy atom. The number of aryl methyl sites for hydroxylation is 1. The van der Waals surface area contributed by atoms with Gasteiger partial charge >= 0.3 is 0 Å². The van der Waals surface area contributed by atoms with E-state index >= 15 is 0 Å². The van der Waals surface area contributed by atoms with E-state index in [-0.39, 0.29) is 16.9 Å². The molecule has 3 rings (SSSR count). The molecule has 1 atom stereocenters. The minimum Gasteiger partial charge on any atom is -0.497 e. The van der Waals surface area contributed by atoms with Crippen molar-refractivity contribution in [2.75, 3.05) is 20.3 Å². The highest BCUT2D eigenvalue weighted by Gasteiger charge is 2.31. The van der Waals surface area contributed by atoms with E-state index in [1.54, 1.807) is 37.5 Å². The van der Waals surface area contributed by atoms with Crippen molar-refractivity contribution in [3.05, 3.63) is 53.9 Å². The van der Waals surface area contributed by atoms with Crippen molar-refractivity contribution in [3.8, 4) is 5.75 Å². The fourth-order valence-electron chi connectivity index (χ4n) is 3.27. The minimum absolute atomic E-state index is 0.161. The lowest BCUT2D eigenvalue weighted by atomic mass is 9.88. The molecule has 26 heavy (non-hydrogen) atoms. The number of hydrogen-bond acceptors (Lipinski definition) is 5. The minimum atomic E-state index is -3.72. The maximum atomic E-state index is 13.1. The van der Waals surface area contributed by atoms with Gasteiger partial charge in [0.15, 0.2) is 0 Å². The van der Waals surface area contributed by atoms with Gasteiger partial charge in [-0.05, 0) is 48.9 Å². The molecule has 7 heteroatoms. The quantitative estimate of drug-likeness (QED) is 0.839. The second kappa shape index (κ2) is 8.16. The lowest BCUT2D eigenvalue weighted by Crippen LogP contribution is -2.36. The summed E-state index contributed by atoms with van der Waals surface area (Å²) in [5.74, 6) is 0.675. The monoisotopic (exact) mass is 376 g/mol. The second-order valence-corrected chi connectivity index (χ2v) is 8.15. The average Bonchev–Trinajstić information content (AvgIpc) is 2.68. The Morgan fingerprint density at radius 1 is 1.27 bits per heavy atom. The van der Waals surface area contributed by atoms with Crippen LogP contribution in [0.2, 0.25) is 0 Å². The Labute approximate surface area is 154 Å². The van der Waals surface area contributed by atoms with Gasteiger partial charge in [0.1, 0.15) is 5.75 Å². The van der Waals surface area contributed by atoms with Gasteiger partial charge in [-0.25, -0.2) is 13.1 Å². The van der Waals surface area contributed by atoms with Gasteiger partial charge in [0.05, 0.1) is 18.0 Å². The van der Waals surface area contributed by atoms with E-state index in [4.69, 9.17) is 9.47 Å². The van der Waals surface area contributed by atoms with Crippen molar-refractivity contribution < 1.29 is 17.9 Å². The summed E-state index contributed by atoms with van der Waals surface area (Å²) in [6, 6.07) is 8.46. The van der Waals surface area contributed by atoms with E-state index in [9.17, 15) is 8.42 Å². The molecule has 0 saturated carbocycles. The molecule has 1 unspecified atom stereocenters. The van der Waals surface area contributed by atoms with Crippen LogP contribution in [0.25, 0.3) is 0 Å². The molecule has 1 saturated heterocycles. The van der Waals surface area contributed by atoms with Crippen LogP contribution in [0.4, 0.5) is 0 Å². The SMILES string of the molecule is COc1ccc(C)c(S(=O)(=O)NC(c2cccnc2)C2CCOCC2)c1. The first-order valence-electron chi connectivity index (χ1n) is 8.66. The predicted molar refractivity (Wildman–Crippen MR) is 98.6 cm³/mol. The standard InChI is InChI=1S/C19H24N2O4S/c1-14-5-6-17(24-2)12-18(14)26(22,23)21-19(15-7-10-25-11-8-15)16-4-3-9-20-13-16/h3-6,9,12-13,15,19,21H,7-8,10-11H2,1-2H3. The van der Waals surface area contributed by atoms with Gasteiger partial charge in [0.2, 0.25) is 10.0 Å². The third-order valence-electron chi connectivity index (χ3n) is 4.75. The highest BCUT2D eigenvalue weighted by Crippen LogP contribution is 2.32. The molecule has 1 aliphatic rings. The molecule has 1 aromatic heterocycles. The highest BCUT2D eigenvalue weighted by atomic mass is 32.2. The zero-order valence-electron chi connectivity index (χ0n) is 15.0. The first kappa shape index (κ1) is 18.8. The van der Waals surface area contributed by atoms with Gasteiger partial charge in [-0.3, -0.25) is 4.98 Å². The summed E-state index contributed by atoms with van der Waals surface area (Å²) in [4.78, 5) is 4.40. The number of benzene rings is 1. The number of pyridine rings is 1. The van der Waals surface area contributed by atoms with Crippen molar-refractivity contribution in [1.82, 2.24) is 9.71 Å². The van der Waals surface area contributed by atoms with Crippen LogP contribution in [0.5, 0.6) is 5.75 Å². The summed E-state index contributed by atoms with van der Waals surface area (Å²) in [5, 5.41) is 0. The van der Waals surface area contributed by atoms with Crippen LogP contribution in [0.15, 0.2) is 47.6 Å². The first-order chi connectivity index (χ1) is 12.5. The number of nitrogens with zero attached hydrogens (tertiary/aromatic N) is 1. The topological polar surface area (TPSA) is 77.5 Å². The van der Waals surface area contributed by atoms with Crippen LogP contribution in [-0.2, 0) is 14.8 Å². The lowest BCUT2D eigenvalue weighted by Gasteiger charge is -2.31. The van der Waals surface area contributed by atoms with Crippen molar-refractivity contribution in [1.29, 1.82) is 0 Å². The molecule has 2 heterocycles. The summed E-state index contributed by atoms with van der Waals surface area (Å²) >= 11 is 0. The molecule has 2 aromatic rings. The van der Waals surface area contributed by atoms with Gasteiger partial charge in [-0.1, -0.05) is 12.1 Å². The summed E-state index contributed by atoms with van der Waals surface area (Å²) in [6.45, 7) is 3.06. The van der Waals surface area contributed by atoms with Crippen LogP contribution in [0.3, 0.4) is 0 Å². The molecular weight excluding hydrogens is 352 g/mol. The van der Waals surface area contributed by atoms with E-state index in [1.807, 2.05) is 12.1 Å². The van der Waals surface area contributed by atoms with Crippen molar-refractivity contribution in [3.63, 3.8) is 0 Å². The number of aromatic nitrogens is 1. The van der Waals surface area contributed by atoms with Crippen LogP contribution >= 0.6 is 0 Å². The largest absolute Gasteiger partial charge is 0.497 e. The average molecular weight is 376 g/mol. The van der Waals surface area contributed by atoms with Crippen LogP contribution in [0.1, 0.15) is 30.0 Å². The number of nitrogens with one attached hydrogen (secondary N) is 1. The number of rotatable bonds is 6. The molecule has 6 nitrogen and oxygen atoms in total.